The highest BCUT2D eigenvalue weighted by atomic mass is 16.4. The van der Waals surface area contributed by atoms with E-state index in [1.807, 2.05) is 24.3 Å². The molecule has 0 atom stereocenters. The van der Waals surface area contributed by atoms with Crippen LogP contribution in [0.5, 0.6) is 0 Å². The molecule has 0 heterocycles. The number of anilines is 1. The molecule has 1 amide bonds. The van der Waals surface area contributed by atoms with Crippen molar-refractivity contribution in [1.82, 2.24) is 5.32 Å². The number of carbonyl (C=O) groups is 2. The number of benzene rings is 1. The van der Waals surface area contributed by atoms with Crippen LogP contribution in [-0.2, 0) is 16.1 Å². The Morgan fingerprint density at radius 3 is 2.44 bits per heavy atom. The highest BCUT2D eigenvalue weighted by molar-refractivity contribution is 5.88. The van der Waals surface area contributed by atoms with Crippen molar-refractivity contribution in [3.63, 3.8) is 0 Å². The van der Waals surface area contributed by atoms with Crippen LogP contribution >= 0.6 is 0 Å². The quantitative estimate of drug-likeness (QED) is 0.642. The summed E-state index contributed by atoms with van der Waals surface area (Å²) in [4.78, 5) is 21.1. The van der Waals surface area contributed by atoms with Gasteiger partial charge >= 0.3 is 5.97 Å². The molecule has 0 spiro atoms. The summed E-state index contributed by atoms with van der Waals surface area (Å²) in [6.45, 7) is 2.84. The number of rotatable bonds is 7. The summed E-state index contributed by atoms with van der Waals surface area (Å²) in [6.07, 6.45) is 0.813. The molecule has 0 aliphatic carbocycles. The minimum atomic E-state index is -0.767. The van der Waals surface area contributed by atoms with Crippen molar-refractivity contribution in [2.75, 3.05) is 11.9 Å². The molecule has 0 unspecified atom stereocenters. The lowest BCUT2D eigenvalue weighted by Gasteiger charge is -2.06. The lowest BCUT2D eigenvalue weighted by Crippen LogP contribution is -2.15. The van der Waals surface area contributed by atoms with Gasteiger partial charge in [0.05, 0.1) is 0 Å². The van der Waals surface area contributed by atoms with Gasteiger partial charge in [0, 0.05) is 25.6 Å². The van der Waals surface area contributed by atoms with Crippen molar-refractivity contribution in [3.8, 4) is 0 Å². The first-order chi connectivity index (χ1) is 8.58. The summed E-state index contributed by atoms with van der Waals surface area (Å²) in [5.74, 6) is -0.856. The van der Waals surface area contributed by atoms with E-state index in [0.717, 1.165) is 11.3 Å². The number of hydrogen-bond acceptors (Lipinski definition) is 3. The van der Waals surface area contributed by atoms with Crippen molar-refractivity contribution < 1.29 is 14.7 Å². The molecule has 0 saturated carbocycles. The predicted molar refractivity (Wildman–Crippen MR) is 69.3 cm³/mol. The van der Waals surface area contributed by atoms with Gasteiger partial charge < -0.3 is 15.7 Å². The maximum absolute atomic E-state index is 10.8. The third-order valence-corrected chi connectivity index (χ3v) is 2.35. The highest BCUT2D eigenvalue weighted by Gasteiger charge is 1.98. The van der Waals surface area contributed by atoms with Gasteiger partial charge in [0.25, 0.3) is 0 Å². The lowest BCUT2D eigenvalue weighted by atomic mass is 10.2. The van der Waals surface area contributed by atoms with Gasteiger partial charge in [0.15, 0.2) is 0 Å². The fraction of sp³-hybridized carbons (Fsp3) is 0.385. The van der Waals surface area contributed by atoms with E-state index in [1.54, 1.807) is 0 Å². The van der Waals surface area contributed by atoms with E-state index in [2.05, 4.69) is 10.6 Å². The van der Waals surface area contributed by atoms with Gasteiger partial charge in [0.1, 0.15) is 0 Å². The smallest absolute Gasteiger partial charge is 0.303 e. The zero-order chi connectivity index (χ0) is 13.4. The molecule has 3 N–H and O–H groups in total. The van der Waals surface area contributed by atoms with Gasteiger partial charge in [-0.2, -0.15) is 0 Å². The largest absolute Gasteiger partial charge is 0.481 e. The summed E-state index contributed by atoms with van der Waals surface area (Å²) in [5.41, 5.74) is 1.87. The van der Waals surface area contributed by atoms with Gasteiger partial charge in [0.2, 0.25) is 5.91 Å². The Balaban J connectivity index is 2.26. The number of carboxylic acid groups (broad SMARTS) is 1. The molecule has 18 heavy (non-hydrogen) atoms. The van der Waals surface area contributed by atoms with E-state index < -0.39 is 5.97 Å². The molecule has 0 radical (unpaired) electrons. The zero-order valence-electron chi connectivity index (χ0n) is 10.4. The van der Waals surface area contributed by atoms with Crippen molar-refractivity contribution in [2.24, 2.45) is 0 Å². The summed E-state index contributed by atoms with van der Waals surface area (Å²) in [5, 5.41) is 14.3. The van der Waals surface area contributed by atoms with Crippen LogP contribution in [0.3, 0.4) is 0 Å². The highest BCUT2D eigenvalue weighted by Crippen LogP contribution is 2.09. The predicted octanol–water partition coefficient (Wildman–Crippen LogP) is 1.60. The van der Waals surface area contributed by atoms with Crippen LogP contribution in [0.15, 0.2) is 24.3 Å². The SMILES string of the molecule is CC(=O)Nc1ccc(CNCCCC(=O)O)cc1. The van der Waals surface area contributed by atoms with E-state index >= 15 is 0 Å². The van der Waals surface area contributed by atoms with Crippen LogP contribution in [0.25, 0.3) is 0 Å². The fourth-order valence-corrected chi connectivity index (χ4v) is 1.51. The maximum Gasteiger partial charge on any atom is 0.303 e. The Morgan fingerprint density at radius 2 is 1.89 bits per heavy atom. The molecule has 98 valence electrons. The first-order valence-corrected chi connectivity index (χ1v) is 5.87. The molecule has 1 rings (SSSR count). The third kappa shape index (κ3) is 6.00. The number of nitrogens with one attached hydrogen (secondary N) is 2. The maximum atomic E-state index is 10.8. The number of hydrogen-bond donors (Lipinski definition) is 3. The summed E-state index contributed by atoms with van der Waals surface area (Å²) >= 11 is 0. The first kappa shape index (κ1) is 14.2. The minimum absolute atomic E-state index is 0.0884. The van der Waals surface area contributed by atoms with Gasteiger partial charge in [-0.05, 0) is 30.7 Å². The van der Waals surface area contributed by atoms with Crippen LogP contribution in [0.1, 0.15) is 25.3 Å². The summed E-state index contributed by atoms with van der Waals surface area (Å²) < 4.78 is 0. The second kappa shape index (κ2) is 7.45. The Bertz CT molecular complexity index is 401. The van der Waals surface area contributed by atoms with Crippen LogP contribution in [-0.4, -0.2) is 23.5 Å². The monoisotopic (exact) mass is 250 g/mol. The van der Waals surface area contributed by atoms with Crippen LogP contribution in [0, 0.1) is 0 Å². The second-order valence-corrected chi connectivity index (χ2v) is 4.05. The summed E-state index contributed by atoms with van der Waals surface area (Å²) in [6, 6.07) is 7.54. The molecule has 0 bridgehead atoms. The Hall–Kier alpha value is -1.88. The van der Waals surface area contributed by atoms with Crippen molar-refractivity contribution in [1.29, 1.82) is 0 Å². The lowest BCUT2D eigenvalue weighted by molar-refractivity contribution is -0.137. The van der Waals surface area contributed by atoms with Crippen molar-refractivity contribution in [2.45, 2.75) is 26.3 Å². The summed E-state index contributed by atoms with van der Waals surface area (Å²) in [7, 11) is 0. The molecule has 0 aliphatic rings. The average Bonchev–Trinajstić information content (AvgIpc) is 2.30. The van der Waals surface area contributed by atoms with Crippen molar-refractivity contribution >= 4 is 17.6 Å². The molecule has 1 aromatic carbocycles. The fourth-order valence-electron chi connectivity index (χ4n) is 1.51. The molecule has 5 nitrogen and oxygen atoms in total. The van der Waals surface area contributed by atoms with Crippen LogP contribution in [0.4, 0.5) is 5.69 Å². The molecule has 0 saturated heterocycles. The van der Waals surface area contributed by atoms with Crippen LogP contribution in [0.2, 0.25) is 0 Å². The number of amides is 1. The number of aliphatic carboxylic acids is 1. The molecule has 0 aromatic heterocycles. The van der Waals surface area contributed by atoms with E-state index in [4.69, 9.17) is 5.11 Å². The zero-order valence-corrected chi connectivity index (χ0v) is 10.4. The first-order valence-electron chi connectivity index (χ1n) is 5.87. The topological polar surface area (TPSA) is 78.4 Å². The van der Waals surface area contributed by atoms with Gasteiger partial charge in [-0.15, -0.1) is 0 Å². The number of carbonyl (C=O) groups excluding carboxylic acids is 1. The van der Waals surface area contributed by atoms with Gasteiger partial charge in [-0.3, -0.25) is 9.59 Å². The van der Waals surface area contributed by atoms with Crippen LogP contribution < -0.4 is 10.6 Å². The molecular weight excluding hydrogens is 232 g/mol. The van der Waals surface area contributed by atoms with Gasteiger partial charge in [-0.1, -0.05) is 12.1 Å². The van der Waals surface area contributed by atoms with Gasteiger partial charge in [-0.25, -0.2) is 0 Å². The van der Waals surface area contributed by atoms with E-state index in [0.29, 0.717) is 19.5 Å². The Morgan fingerprint density at radius 1 is 1.22 bits per heavy atom. The molecular formula is C13H18N2O3. The average molecular weight is 250 g/mol. The number of carboxylic acids is 1. The molecule has 0 fully saturated rings. The molecule has 5 heteroatoms. The van der Waals surface area contributed by atoms with E-state index in [1.165, 1.54) is 6.92 Å². The van der Waals surface area contributed by atoms with E-state index in [-0.39, 0.29) is 12.3 Å². The minimum Gasteiger partial charge on any atom is -0.481 e. The van der Waals surface area contributed by atoms with E-state index in [9.17, 15) is 9.59 Å². The Kier molecular flexibility index (Phi) is 5.87. The normalized spacial score (nSPS) is 10.1. The molecule has 0 aliphatic heterocycles. The second-order valence-electron chi connectivity index (χ2n) is 4.05. The third-order valence-electron chi connectivity index (χ3n) is 2.35. The standard InChI is InChI=1S/C13H18N2O3/c1-10(16)15-12-6-4-11(5-7-12)9-14-8-2-3-13(17)18/h4-7,14H,2-3,8-9H2,1H3,(H,15,16)(H,17,18). The Labute approximate surface area is 106 Å². The molecule has 1 aromatic rings. The van der Waals surface area contributed by atoms with Crippen molar-refractivity contribution in [3.05, 3.63) is 29.8 Å².